The molecule has 3 heteroatoms. The molecule has 0 fully saturated rings. The summed E-state index contributed by atoms with van der Waals surface area (Å²) in [5.74, 6) is 0.695. The smallest absolute Gasteiger partial charge is 0.218 e. The van der Waals surface area contributed by atoms with E-state index >= 15 is 0 Å². The molecule has 0 unspecified atom stereocenters. The van der Waals surface area contributed by atoms with Crippen LogP contribution in [0.5, 0.6) is 5.88 Å². The first-order chi connectivity index (χ1) is 8.75. The van der Waals surface area contributed by atoms with Gasteiger partial charge in [-0.05, 0) is 19.4 Å². The topological polar surface area (TPSA) is 48.1 Å². The van der Waals surface area contributed by atoms with Crippen molar-refractivity contribution in [1.29, 1.82) is 0 Å². The van der Waals surface area contributed by atoms with Crippen molar-refractivity contribution in [2.75, 3.05) is 6.61 Å². The van der Waals surface area contributed by atoms with Crippen molar-refractivity contribution in [1.82, 2.24) is 4.98 Å². The zero-order valence-electron chi connectivity index (χ0n) is 11.7. The average molecular weight is 250 g/mol. The van der Waals surface area contributed by atoms with E-state index in [1.165, 1.54) is 32.1 Å². The summed E-state index contributed by atoms with van der Waals surface area (Å²) in [6.45, 7) is 4.93. The van der Waals surface area contributed by atoms with E-state index in [0.29, 0.717) is 5.88 Å². The SMILES string of the molecule is CCCCCCCCOc1ncccc1[C@@H](C)N. The molecule has 102 valence electrons. The highest BCUT2D eigenvalue weighted by Gasteiger charge is 2.08. The Kier molecular flexibility index (Phi) is 7.42. The minimum atomic E-state index is -0.0294. The van der Waals surface area contributed by atoms with Crippen LogP contribution in [-0.4, -0.2) is 11.6 Å². The van der Waals surface area contributed by atoms with E-state index in [0.717, 1.165) is 18.6 Å². The van der Waals surface area contributed by atoms with E-state index in [1.807, 2.05) is 19.1 Å². The fraction of sp³-hybridized carbons (Fsp3) is 0.667. The molecule has 1 aromatic rings. The summed E-state index contributed by atoms with van der Waals surface area (Å²) in [5, 5.41) is 0. The highest BCUT2D eigenvalue weighted by atomic mass is 16.5. The Bertz CT molecular complexity index is 326. The molecule has 0 aromatic carbocycles. The van der Waals surface area contributed by atoms with Crippen LogP contribution in [0.25, 0.3) is 0 Å². The van der Waals surface area contributed by atoms with Gasteiger partial charge in [-0.15, -0.1) is 0 Å². The minimum absolute atomic E-state index is 0.0294. The van der Waals surface area contributed by atoms with Gasteiger partial charge in [0.25, 0.3) is 0 Å². The first-order valence-electron chi connectivity index (χ1n) is 7.09. The molecule has 0 aliphatic carbocycles. The molecule has 0 radical (unpaired) electrons. The van der Waals surface area contributed by atoms with Gasteiger partial charge in [0.1, 0.15) is 0 Å². The lowest BCUT2D eigenvalue weighted by atomic mass is 10.1. The van der Waals surface area contributed by atoms with E-state index in [9.17, 15) is 0 Å². The van der Waals surface area contributed by atoms with Gasteiger partial charge in [-0.1, -0.05) is 45.1 Å². The van der Waals surface area contributed by atoms with Gasteiger partial charge in [-0.2, -0.15) is 0 Å². The van der Waals surface area contributed by atoms with Crippen LogP contribution in [0.1, 0.15) is 64.0 Å². The highest BCUT2D eigenvalue weighted by Crippen LogP contribution is 2.20. The van der Waals surface area contributed by atoms with E-state index in [2.05, 4.69) is 11.9 Å². The molecular weight excluding hydrogens is 224 g/mol. The van der Waals surface area contributed by atoms with Gasteiger partial charge >= 0.3 is 0 Å². The first kappa shape index (κ1) is 15.0. The molecule has 0 spiro atoms. The van der Waals surface area contributed by atoms with Crippen molar-refractivity contribution in [2.45, 2.75) is 58.4 Å². The molecule has 1 aromatic heterocycles. The molecule has 0 saturated heterocycles. The van der Waals surface area contributed by atoms with Crippen LogP contribution >= 0.6 is 0 Å². The number of aromatic nitrogens is 1. The summed E-state index contributed by atoms with van der Waals surface area (Å²) >= 11 is 0. The standard InChI is InChI=1S/C15H26N2O/c1-3-4-5-6-7-8-12-18-15-14(13(2)16)10-9-11-17-15/h9-11,13H,3-8,12,16H2,1-2H3/t13-/m1/s1. The quantitative estimate of drug-likeness (QED) is 0.677. The fourth-order valence-electron chi connectivity index (χ4n) is 1.92. The van der Waals surface area contributed by atoms with Crippen molar-refractivity contribution in [3.63, 3.8) is 0 Å². The van der Waals surface area contributed by atoms with Crippen molar-refractivity contribution in [3.05, 3.63) is 23.9 Å². The lowest BCUT2D eigenvalue weighted by Gasteiger charge is -2.12. The van der Waals surface area contributed by atoms with Crippen LogP contribution in [0.4, 0.5) is 0 Å². The maximum Gasteiger partial charge on any atom is 0.218 e. The molecule has 1 heterocycles. The summed E-state index contributed by atoms with van der Waals surface area (Å²) in [6, 6.07) is 3.85. The first-order valence-corrected chi connectivity index (χ1v) is 7.09. The van der Waals surface area contributed by atoms with E-state index < -0.39 is 0 Å². The Morgan fingerprint density at radius 2 is 1.94 bits per heavy atom. The lowest BCUT2D eigenvalue weighted by Crippen LogP contribution is -2.09. The maximum absolute atomic E-state index is 5.88. The molecule has 0 aliphatic heterocycles. The lowest BCUT2D eigenvalue weighted by molar-refractivity contribution is 0.288. The molecule has 1 rings (SSSR count). The molecule has 3 nitrogen and oxygen atoms in total. The summed E-state index contributed by atoms with van der Waals surface area (Å²) in [4.78, 5) is 4.24. The Hall–Kier alpha value is -1.09. The van der Waals surface area contributed by atoms with Gasteiger partial charge in [0.15, 0.2) is 0 Å². The number of hydrogen-bond acceptors (Lipinski definition) is 3. The Morgan fingerprint density at radius 3 is 2.67 bits per heavy atom. The predicted molar refractivity (Wildman–Crippen MR) is 75.7 cm³/mol. The van der Waals surface area contributed by atoms with Gasteiger partial charge in [0, 0.05) is 17.8 Å². The third-order valence-electron chi connectivity index (χ3n) is 3.03. The summed E-state index contributed by atoms with van der Waals surface area (Å²) in [6.07, 6.45) is 9.37. The molecule has 0 saturated carbocycles. The number of hydrogen-bond donors (Lipinski definition) is 1. The predicted octanol–water partition coefficient (Wildman–Crippen LogP) is 3.84. The summed E-state index contributed by atoms with van der Waals surface area (Å²) in [5.41, 5.74) is 6.87. The number of ether oxygens (including phenoxy) is 1. The maximum atomic E-state index is 5.88. The average Bonchev–Trinajstić information content (AvgIpc) is 2.38. The van der Waals surface area contributed by atoms with Crippen LogP contribution in [0.3, 0.4) is 0 Å². The molecule has 2 N–H and O–H groups in total. The van der Waals surface area contributed by atoms with Crippen LogP contribution in [-0.2, 0) is 0 Å². The van der Waals surface area contributed by atoms with E-state index in [-0.39, 0.29) is 6.04 Å². The highest BCUT2D eigenvalue weighted by molar-refractivity contribution is 5.27. The van der Waals surface area contributed by atoms with E-state index in [1.54, 1.807) is 6.20 Å². The third kappa shape index (κ3) is 5.50. The Balaban J connectivity index is 2.23. The van der Waals surface area contributed by atoms with Gasteiger partial charge in [-0.25, -0.2) is 4.98 Å². The number of nitrogens with two attached hydrogens (primary N) is 1. The molecular formula is C15H26N2O. The van der Waals surface area contributed by atoms with Crippen LogP contribution in [0.15, 0.2) is 18.3 Å². The molecule has 18 heavy (non-hydrogen) atoms. The van der Waals surface area contributed by atoms with Crippen LogP contribution in [0, 0.1) is 0 Å². The van der Waals surface area contributed by atoms with Crippen LogP contribution < -0.4 is 10.5 Å². The van der Waals surface area contributed by atoms with Gasteiger partial charge in [0.2, 0.25) is 5.88 Å². The molecule has 0 amide bonds. The summed E-state index contributed by atoms with van der Waals surface area (Å²) < 4.78 is 5.71. The minimum Gasteiger partial charge on any atom is -0.477 e. The van der Waals surface area contributed by atoms with Crippen molar-refractivity contribution in [2.24, 2.45) is 5.73 Å². The third-order valence-corrected chi connectivity index (χ3v) is 3.03. The summed E-state index contributed by atoms with van der Waals surface area (Å²) in [7, 11) is 0. The normalized spacial score (nSPS) is 12.4. The number of unbranched alkanes of at least 4 members (excludes halogenated alkanes) is 5. The zero-order valence-corrected chi connectivity index (χ0v) is 11.7. The second-order valence-electron chi connectivity index (χ2n) is 4.80. The fourth-order valence-corrected chi connectivity index (χ4v) is 1.92. The van der Waals surface area contributed by atoms with E-state index in [4.69, 9.17) is 10.5 Å². The molecule has 0 bridgehead atoms. The van der Waals surface area contributed by atoms with Crippen molar-refractivity contribution >= 4 is 0 Å². The second-order valence-corrected chi connectivity index (χ2v) is 4.80. The van der Waals surface area contributed by atoms with Gasteiger partial charge in [-0.3, -0.25) is 0 Å². The Labute approximate surface area is 111 Å². The van der Waals surface area contributed by atoms with Crippen molar-refractivity contribution < 1.29 is 4.74 Å². The Morgan fingerprint density at radius 1 is 1.22 bits per heavy atom. The zero-order chi connectivity index (χ0) is 13.2. The van der Waals surface area contributed by atoms with Crippen LogP contribution in [0.2, 0.25) is 0 Å². The number of pyridine rings is 1. The second kappa shape index (κ2) is 8.92. The monoisotopic (exact) mass is 250 g/mol. The van der Waals surface area contributed by atoms with Crippen molar-refractivity contribution in [3.8, 4) is 5.88 Å². The number of nitrogens with zero attached hydrogens (tertiary/aromatic N) is 1. The molecule has 0 aliphatic rings. The molecule has 1 atom stereocenters. The van der Waals surface area contributed by atoms with Gasteiger partial charge in [0.05, 0.1) is 6.61 Å². The van der Waals surface area contributed by atoms with Gasteiger partial charge < -0.3 is 10.5 Å². The number of rotatable bonds is 9. The largest absolute Gasteiger partial charge is 0.477 e.